The van der Waals surface area contributed by atoms with Crippen molar-refractivity contribution >= 4 is 22.6 Å². The Morgan fingerprint density at radius 3 is 2.50 bits per heavy atom. The molecular weight excluding hydrogens is 285 g/mol. The highest BCUT2D eigenvalue weighted by atomic mass is 127. The molecule has 76 valence electrons. The van der Waals surface area contributed by atoms with Gasteiger partial charge < -0.3 is 5.32 Å². The average Bonchev–Trinajstić information content (AvgIpc) is 2.13. The number of hydrogen-bond acceptors (Lipinski definition) is 1. The van der Waals surface area contributed by atoms with Crippen LogP contribution < -0.4 is 5.32 Å². The van der Waals surface area contributed by atoms with Crippen LogP contribution in [0.3, 0.4) is 0 Å². The van der Waals surface area contributed by atoms with Crippen LogP contribution in [0.1, 0.15) is 25.3 Å². The Balaban J connectivity index is 1.78. The van der Waals surface area contributed by atoms with Crippen molar-refractivity contribution in [3.8, 4) is 0 Å². The van der Waals surface area contributed by atoms with Gasteiger partial charge in [0.1, 0.15) is 0 Å². The lowest BCUT2D eigenvalue weighted by atomic mass is 9.82. The van der Waals surface area contributed by atoms with Crippen LogP contribution in [0.25, 0.3) is 0 Å². The lowest BCUT2D eigenvalue weighted by Gasteiger charge is -2.33. The average molecular weight is 301 g/mol. The van der Waals surface area contributed by atoms with Gasteiger partial charge in [-0.05, 0) is 59.0 Å². The van der Waals surface area contributed by atoms with Crippen LogP contribution in [0.15, 0.2) is 24.3 Å². The van der Waals surface area contributed by atoms with E-state index < -0.39 is 0 Å². The highest BCUT2D eigenvalue weighted by Gasteiger charge is 2.24. The molecule has 0 aromatic heterocycles. The van der Waals surface area contributed by atoms with E-state index in [2.05, 4.69) is 59.1 Å². The Labute approximate surface area is 99.4 Å². The molecule has 1 aliphatic rings. The Morgan fingerprint density at radius 2 is 1.93 bits per heavy atom. The van der Waals surface area contributed by atoms with E-state index in [4.69, 9.17) is 0 Å². The summed E-state index contributed by atoms with van der Waals surface area (Å²) in [5, 5.41) is 3.58. The zero-order valence-corrected chi connectivity index (χ0v) is 10.6. The van der Waals surface area contributed by atoms with E-state index in [1.54, 1.807) is 0 Å². The van der Waals surface area contributed by atoms with E-state index in [9.17, 15) is 0 Å². The monoisotopic (exact) mass is 301 g/mol. The first-order chi connectivity index (χ1) is 6.74. The molecule has 1 aliphatic carbocycles. The van der Waals surface area contributed by atoms with Gasteiger partial charge in [-0.25, -0.2) is 0 Å². The van der Waals surface area contributed by atoms with Crippen molar-refractivity contribution in [3.63, 3.8) is 0 Å². The third-order valence-electron chi connectivity index (χ3n) is 2.88. The summed E-state index contributed by atoms with van der Waals surface area (Å²) in [6.07, 6.45) is 2.70. The summed E-state index contributed by atoms with van der Waals surface area (Å²) in [4.78, 5) is 0. The standard InChI is InChI=1S/C12H16IN/c1-9-6-12(7-9)14-8-10-2-4-11(13)5-3-10/h2-5,9,12,14H,6-8H2,1H3. The predicted octanol–water partition coefficient (Wildman–Crippen LogP) is 3.18. The Hall–Kier alpha value is -0.0900. The van der Waals surface area contributed by atoms with Crippen molar-refractivity contribution < 1.29 is 0 Å². The number of benzene rings is 1. The molecule has 0 bridgehead atoms. The largest absolute Gasteiger partial charge is 0.310 e. The molecule has 0 spiro atoms. The summed E-state index contributed by atoms with van der Waals surface area (Å²) in [6, 6.07) is 9.51. The van der Waals surface area contributed by atoms with Crippen LogP contribution in [0.4, 0.5) is 0 Å². The number of halogens is 1. The topological polar surface area (TPSA) is 12.0 Å². The first-order valence-corrected chi connectivity index (χ1v) is 6.30. The molecule has 0 heterocycles. The molecule has 0 saturated heterocycles. The number of hydrogen-bond donors (Lipinski definition) is 1. The van der Waals surface area contributed by atoms with Crippen molar-refractivity contribution in [1.29, 1.82) is 0 Å². The van der Waals surface area contributed by atoms with Gasteiger partial charge in [0.15, 0.2) is 0 Å². The molecule has 1 N–H and O–H groups in total. The SMILES string of the molecule is CC1CC(NCc2ccc(I)cc2)C1. The van der Waals surface area contributed by atoms with Gasteiger partial charge in [0.05, 0.1) is 0 Å². The molecule has 1 saturated carbocycles. The summed E-state index contributed by atoms with van der Waals surface area (Å²) in [6.45, 7) is 3.34. The van der Waals surface area contributed by atoms with Crippen LogP contribution in [0.5, 0.6) is 0 Å². The summed E-state index contributed by atoms with van der Waals surface area (Å²) >= 11 is 2.34. The second kappa shape index (κ2) is 4.62. The maximum atomic E-state index is 3.58. The normalized spacial score (nSPS) is 25.9. The lowest BCUT2D eigenvalue weighted by Crippen LogP contribution is -2.39. The summed E-state index contributed by atoms with van der Waals surface area (Å²) < 4.78 is 1.31. The second-order valence-corrected chi connectivity index (χ2v) is 5.53. The molecule has 0 radical (unpaired) electrons. The zero-order chi connectivity index (χ0) is 9.97. The molecule has 14 heavy (non-hydrogen) atoms. The Kier molecular flexibility index (Phi) is 3.44. The molecule has 2 rings (SSSR count). The van der Waals surface area contributed by atoms with Gasteiger partial charge in [-0.15, -0.1) is 0 Å². The summed E-state index contributed by atoms with van der Waals surface area (Å²) in [7, 11) is 0. The molecule has 1 fully saturated rings. The van der Waals surface area contributed by atoms with Crippen molar-refractivity contribution in [2.75, 3.05) is 0 Å². The Morgan fingerprint density at radius 1 is 1.29 bits per heavy atom. The third-order valence-corrected chi connectivity index (χ3v) is 3.60. The predicted molar refractivity (Wildman–Crippen MR) is 68.2 cm³/mol. The minimum Gasteiger partial charge on any atom is -0.310 e. The maximum Gasteiger partial charge on any atom is 0.0208 e. The van der Waals surface area contributed by atoms with Gasteiger partial charge in [-0.2, -0.15) is 0 Å². The van der Waals surface area contributed by atoms with Crippen molar-refractivity contribution in [2.24, 2.45) is 5.92 Å². The smallest absolute Gasteiger partial charge is 0.0208 e. The Bertz CT molecular complexity index is 288. The fourth-order valence-electron chi connectivity index (χ4n) is 1.93. The molecule has 0 aliphatic heterocycles. The van der Waals surface area contributed by atoms with Crippen LogP contribution in [-0.2, 0) is 6.54 Å². The molecule has 1 aromatic carbocycles. The van der Waals surface area contributed by atoms with E-state index in [-0.39, 0.29) is 0 Å². The van der Waals surface area contributed by atoms with Crippen molar-refractivity contribution in [1.82, 2.24) is 5.32 Å². The fourth-order valence-corrected chi connectivity index (χ4v) is 2.29. The van der Waals surface area contributed by atoms with E-state index in [1.807, 2.05) is 0 Å². The van der Waals surface area contributed by atoms with Gasteiger partial charge in [-0.3, -0.25) is 0 Å². The second-order valence-electron chi connectivity index (χ2n) is 4.28. The maximum absolute atomic E-state index is 3.58. The third kappa shape index (κ3) is 2.70. The van der Waals surface area contributed by atoms with Gasteiger partial charge >= 0.3 is 0 Å². The van der Waals surface area contributed by atoms with Gasteiger partial charge in [0.25, 0.3) is 0 Å². The van der Waals surface area contributed by atoms with E-state index in [0.717, 1.165) is 18.5 Å². The van der Waals surface area contributed by atoms with Crippen LogP contribution in [0.2, 0.25) is 0 Å². The molecule has 1 aromatic rings. The molecule has 0 amide bonds. The van der Waals surface area contributed by atoms with Gasteiger partial charge in [0, 0.05) is 16.2 Å². The van der Waals surface area contributed by atoms with Crippen molar-refractivity contribution in [2.45, 2.75) is 32.4 Å². The van der Waals surface area contributed by atoms with Crippen LogP contribution in [-0.4, -0.2) is 6.04 Å². The highest BCUT2D eigenvalue weighted by molar-refractivity contribution is 14.1. The van der Waals surface area contributed by atoms with Gasteiger partial charge in [-0.1, -0.05) is 19.1 Å². The fraction of sp³-hybridized carbons (Fsp3) is 0.500. The lowest BCUT2D eigenvalue weighted by molar-refractivity contribution is 0.240. The summed E-state index contributed by atoms with van der Waals surface area (Å²) in [5.41, 5.74) is 1.39. The molecule has 2 heteroatoms. The molecular formula is C12H16IN. The van der Waals surface area contributed by atoms with E-state index in [0.29, 0.717) is 0 Å². The van der Waals surface area contributed by atoms with E-state index in [1.165, 1.54) is 22.0 Å². The van der Waals surface area contributed by atoms with Crippen LogP contribution in [0, 0.1) is 9.49 Å². The minimum absolute atomic E-state index is 0.768. The van der Waals surface area contributed by atoms with E-state index >= 15 is 0 Å². The van der Waals surface area contributed by atoms with Gasteiger partial charge in [0.2, 0.25) is 0 Å². The molecule has 0 unspecified atom stereocenters. The quantitative estimate of drug-likeness (QED) is 0.846. The number of nitrogens with one attached hydrogen (secondary N) is 1. The first-order valence-electron chi connectivity index (χ1n) is 5.22. The number of rotatable bonds is 3. The summed E-state index contributed by atoms with van der Waals surface area (Å²) in [5.74, 6) is 0.934. The first kappa shape index (κ1) is 10.4. The molecule has 1 nitrogen and oxygen atoms in total. The zero-order valence-electron chi connectivity index (χ0n) is 8.46. The molecule has 0 atom stereocenters. The highest BCUT2D eigenvalue weighted by Crippen LogP contribution is 2.26. The van der Waals surface area contributed by atoms with Crippen LogP contribution >= 0.6 is 22.6 Å². The van der Waals surface area contributed by atoms with Crippen molar-refractivity contribution in [3.05, 3.63) is 33.4 Å². The minimum atomic E-state index is 0.768.